The maximum Gasteiger partial charge on any atom is 0.328 e. The fraction of sp³-hybridized carbons (Fsp3) is 0.222. The third-order valence-corrected chi connectivity index (χ3v) is 1.79. The highest BCUT2D eigenvalue weighted by Crippen LogP contribution is 2.12. The zero-order chi connectivity index (χ0) is 12.1. The number of carbonyl (C=O) groups excluding carboxylic acids is 1. The number of hydrogen-bond acceptors (Lipinski definition) is 5. The number of aromatic nitrogens is 1. The van der Waals surface area contributed by atoms with Crippen molar-refractivity contribution in [1.29, 1.82) is 0 Å². The summed E-state index contributed by atoms with van der Waals surface area (Å²) >= 11 is 0. The highest BCUT2D eigenvalue weighted by Gasteiger charge is 2.21. The summed E-state index contributed by atoms with van der Waals surface area (Å²) in [6.45, 7) is -0.741. The molecule has 0 aliphatic heterocycles. The normalized spacial score (nSPS) is 11.8. The number of carbonyl (C=O) groups is 2. The number of rotatable bonds is 4. The average Bonchev–Trinajstić information content (AvgIpc) is 2.25. The number of carboxylic acid groups (broad SMARTS) is 1. The molecule has 0 aliphatic rings. The van der Waals surface area contributed by atoms with E-state index in [2.05, 4.69) is 4.98 Å². The summed E-state index contributed by atoms with van der Waals surface area (Å²) in [6.07, 6.45) is 1.28. The van der Waals surface area contributed by atoms with E-state index in [-0.39, 0.29) is 11.4 Å². The predicted octanol–water partition coefficient (Wildman–Crippen LogP) is -1.04. The number of aliphatic carboxylic acids is 1. The first kappa shape index (κ1) is 11.9. The van der Waals surface area contributed by atoms with Crippen molar-refractivity contribution in [3.8, 4) is 5.75 Å². The van der Waals surface area contributed by atoms with E-state index >= 15 is 0 Å². The van der Waals surface area contributed by atoms with Crippen LogP contribution in [0.15, 0.2) is 18.3 Å². The molecular formula is C9H10N2O5. The zero-order valence-electron chi connectivity index (χ0n) is 8.12. The van der Waals surface area contributed by atoms with Crippen LogP contribution in [0, 0.1) is 0 Å². The van der Waals surface area contributed by atoms with Crippen LogP contribution >= 0.6 is 0 Å². The highest BCUT2D eigenvalue weighted by atomic mass is 16.4. The van der Waals surface area contributed by atoms with Gasteiger partial charge in [0.05, 0.1) is 6.61 Å². The number of aliphatic hydroxyl groups is 1. The quantitative estimate of drug-likeness (QED) is 0.520. The van der Waals surface area contributed by atoms with Crippen molar-refractivity contribution in [3.05, 3.63) is 24.0 Å². The molecule has 0 aromatic carbocycles. The number of pyridine rings is 1. The van der Waals surface area contributed by atoms with Gasteiger partial charge in [0.2, 0.25) is 0 Å². The maximum atomic E-state index is 11.4. The first-order chi connectivity index (χ1) is 7.56. The third kappa shape index (κ3) is 2.67. The summed E-state index contributed by atoms with van der Waals surface area (Å²) in [5.41, 5.74) is -0.290. The topological polar surface area (TPSA) is 120 Å². The lowest BCUT2D eigenvalue weighted by Crippen LogP contribution is -2.43. The van der Waals surface area contributed by atoms with Crippen LogP contribution in [0.5, 0.6) is 5.75 Å². The molecule has 0 fully saturated rings. The SMILES string of the molecule is O=C(N[C@@H](CO)C(=O)O)c1ncccc1O. The Morgan fingerprint density at radius 2 is 2.19 bits per heavy atom. The lowest BCUT2D eigenvalue weighted by molar-refractivity contribution is -0.140. The van der Waals surface area contributed by atoms with Crippen molar-refractivity contribution in [2.45, 2.75) is 6.04 Å². The van der Waals surface area contributed by atoms with E-state index in [9.17, 15) is 14.7 Å². The zero-order valence-corrected chi connectivity index (χ0v) is 8.12. The van der Waals surface area contributed by atoms with Crippen LogP contribution in [0.1, 0.15) is 10.5 Å². The molecular weight excluding hydrogens is 216 g/mol. The molecule has 0 unspecified atom stereocenters. The van der Waals surface area contributed by atoms with Gasteiger partial charge >= 0.3 is 5.97 Å². The number of hydrogen-bond donors (Lipinski definition) is 4. The van der Waals surface area contributed by atoms with Crippen LogP contribution in [0.3, 0.4) is 0 Å². The van der Waals surface area contributed by atoms with Crippen LogP contribution in [0.2, 0.25) is 0 Å². The average molecular weight is 226 g/mol. The van der Waals surface area contributed by atoms with E-state index in [4.69, 9.17) is 10.2 Å². The number of aromatic hydroxyl groups is 1. The Bertz CT molecular complexity index is 407. The van der Waals surface area contributed by atoms with Crippen LogP contribution in [-0.2, 0) is 4.79 Å². The minimum absolute atomic E-state index is 0.290. The fourth-order valence-corrected chi connectivity index (χ4v) is 0.984. The second kappa shape index (κ2) is 5.08. The van der Waals surface area contributed by atoms with Crippen molar-refractivity contribution in [2.24, 2.45) is 0 Å². The van der Waals surface area contributed by atoms with Gasteiger partial charge in [0.25, 0.3) is 5.91 Å². The van der Waals surface area contributed by atoms with Gasteiger partial charge in [-0.15, -0.1) is 0 Å². The molecule has 0 radical (unpaired) electrons. The smallest absolute Gasteiger partial charge is 0.328 e. The molecule has 1 aromatic rings. The van der Waals surface area contributed by atoms with Gasteiger partial charge in [-0.25, -0.2) is 9.78 Å². The van der Waals surface area contributed by atoms with E-state index in [1.807, 2.05) is 5.32 Å². The fourth-order valence-electron chi connectivity index (χ4n) is 0.984. The molecule has 1 amide bonds. The van der Waals surface area contributed by atoms with Crippen molar-refractivity contribution in [1.82, 2.24) is 10.3 Å². The van der Waals surface area contributed by atoms with Crippen LogP contribution in [0.4, 0.5) is 0 Å². The Morgan fingerprint density at radius 3 is 2.69 bits per heavy atom. The molecule has 7 nitrogen and oxygen atoms in total. The second-order valence-electron chi connectivity index (χ2n) is 2.92. The Labute approximate surface area is 90.4 Å². The van der Waals surface area contributed by atoms with Gasteiger partial charge in [-0.1, -0.05) is 0 Å². The number of nitrogens with one attached hydrogen (secondary N) is 1. The number of amides is 1. The molecule has 0 bridgehead atoms. The van der Waals surface area contributed by atoms with Gasteiger partial charge in [-0.3, -0.25) is 4.79 Å². The summed E-state index contributed by atoms with van der Waals surface area (Å²) < 4.78 is 0. The van der Waals surface area contributed by atoms with Crippen molar-refractivity contribution >= 4 is 11.9 Å². The molecule has 86 valence electrons. The summed E-state index contributed by atoms with van der Waals surface area (Å²) in [5, 5.41) is 28.5. The molecule has 1 rings (SSSR count). The van der Waals surface area contributed by atoms with Gasteiger partial charge in [0.15, 0.2) is 11.7 Å². The van der Waals surface area contributed by atoms with Crippen LogP contribution in [0.25, 0.3) is 0 Å². The predicted molar refractivity (Wildman–Crippen MR) is 51.9 cm³/mol. The first-order valence-corrected chi connectivity index (χ1v) is 4.34. The number of carboxylic acids is 1. The van der Waals surface area contributed by atoms with Crippen LogP contribution < -0.4 is 5.32 Å². The molecule has 0 aliphatic carbocycles. The monoisotopic (exact) mass is 226 g/mol. The molecule has 4 N–H and O–H groups in total. The van der Waals surface area contributed by atoms with E-state index < -0.39 is 24.5 Å². The van der Waals surface area contributed by atoms with E-state index in [1.165, 1.54) is 18.3 Å². The standard InChI is InChI=1S/C9H10N2O5/c12-4-5(9(15)16)11-8(14)7-6(13)2-1-3-10-7/h1-3,5,12-13H,4H2,(H,11,14)(H,15,16)/t5-/m0/s1. The second-order valence-corrected chi connectivity index (χ2v) is 2.92. The minimum Gasteiger partial charge on any atom is -0.505 e. The van der Waals surface area contributed by atoms with Crippen molar-refractivity contribution < 1.29 is 24.9 Å². The molecule has 1 heterocycles. The summed E-state index contributed by atoms with van der Waals surface area (Å²) in [6, 6.07) is 1.25. The van der Waals surface area contributed by atoms with Gasteiger partial charge in [0.1, 0.15) is 5.75 Å². The van der Waals surface area contributed by atoms with E-state index in [0.717, 1.165) is 0 Å². The van der Waals surface area contributed by atoms with Gasteiger partial charge in [0, 0.05) is 6.20 Å². The molecule has 1 atom stereocenters. The summed E-state index contributed by atoms with van der Waals surface area (Å²) in [5.74, 6) is -2.59. The van der Waals surface area contributed by atoms with E-state index in [0.29, 0.717) is 0 Å². The Balaban J connectivity index is 2.80. The Morgan fingerprint density at radius 1 is 1.50 bits per heavy atom. The van der Waals surface area contributed by atoms with Crippen molar-refractivity contribution in [3.63, 3.8) is 0 Å². The lowest BCUT2D eigenvalue weighted by atomic mass is 10.2. The molecule has 0 saturated carbocycles. The molecule has 1 aromatic heterocycles. The molecule has 7 heteroatoms. The largest absolute Gasteiger partial charge is 0.505 e. The summed E-state index contributed by atoms with van der Waals surface area (Å²) in [7, 11) is 0. The van der Waals surface area contributed by atoms with Gasteiger partial charge < -0.3 is 20.6 Å². The summed E-state index contributed by atoms with van der Waals surface area (Å²) in [4.78, 5) is 25.5. The Hall–Kier alpha value is -2.15. The Kier molecular flexibility index (Phi) is 3.78. The van der Waals surface area contributed by atoms with Gasteiger partial charge in [-0.2, -0.15) is 0 Å². The number of aliphatic hydroxyl groups excluding tert-OH is 1. The van der Waals surface area contributed by atoms with E-state index in [1.54, 1.807) is 0 Å². The molecule has 16 heavy (non-hydrogen) atoms. The number of nitrogens with zero attached hydrogens (tertiary/aromatic N) is 1. The first-order valence-electron chi connectivity index (χ1n) is 4.34. The van der Waals surface area contributed by atoms with Crippen molar-refractivity contribution in [2.75, 3.05) is 6.61 Å². The third-order valence-electron chi connectivity index (χ3n) is 1.79. The minimum atomic E-state index is -1.42. The highest BCUT2D eigenvalue weighted by molar-refractivity contribution is 5.97. The van der Waals surface area contributed by atoms with Crippen LogP contribution in [-0.4, -0.2) is 44.8 Å². The molecule has 0 saturated heterocycles. The maximum absolute atomic E-state index is 11.4. The molecule has 0 spiro atoms. The lowest BCUT2D eigenvalue weighted by Gasteiger charge is -2.11. The van der Waals surface area contributed by atoms with Gasteiger partial charge in [-0.05, 0) is 12.1 Å².